The molecule has 0 fully saturated rings. The van der Waals surface area contributed by atoms with Gasteiger partial charge in [-0.2, -0.15) is 0 Å². The first kappa shape index (κ1) is 104. The Balaban J connectivity index is 5.26. The molecule has 0 bridgehead atoms. The van der Waals surface area contributed by atoms with E-state index in [1.54, 1.807) is 0 Å². The molecule has 5 atom stereocenters. The molecule has 0 aromatic rings. The normalized spacial score (nSPS) is 13.8. The van der Waals surface area contributed by atoms with Gasteiger partial charge in [-0.15, -0.1) is 0 Å². The fourth-order valence-electron chi connectivity index (χ4n) is 13.2. The fourth-order valence-corrected chi connectivity index (χ4v) is 14.7. The van der Waals surface area contributed by atoms with Gasteiger partial charge in [-0.25, -0.2) is 9.13 Å². The van der Waals surface area contributed by atoms with Crippen LogP contribution in [0.2, 0.25) is 0 Å². The highest BCUT2D eigenvalue weighted by molar-refractivity contribution is 7.47. The molecule has 0 amide bonds. The molecule has 0 radical (unpaired) electrons. The Hall–Kier alpha value is -2.46. The summed E-state index contributed by atoms with van der Waals surface area (Å²) < 4.78 is 68.9. The fraction of sp³-hybridized carbons (Fsp3) is 0.908. The van der Waals surface area contributed by atoms with Crippen LogP contribution in [0, 0.1) is 0 Å². The van der Waals surface area contributed by atoms with Gasteiger partial charge in [-0.05, 0) is 51.4 Å². The zero-order chi connectivity index (χ0) is 77.4. The topological polar surface area (TPSA) is 237 Å². The molecular weight excluding hydrogens is 1380 g/mol. The van der Waals surface area contributed by atoms with Crippen LogP contribution in [0.15, 0.2) is 24.3 Å². The monoisotopic (exact) mass is 1550 g/mol. The Morgan fingerprint density at radius 1 is 0.264 bits per heavy atom. The van der Waals surface area contributed by atoms with Crippen LogP contribution in [-0.2, 0) is 65.4 Å². The van der Waals surface area contributed by atoms with E-state index in [2.05, 4.69) is 52.0 Å². The number of unbranched alkanes of at least 4 members (excludes halogenated alkanes) is 57. The van der Waals surface area contributed by atoms with Crippen LogP contribution >= 0.6 is 15.6 Å². The van der Waals surface area contributed by atoms with Gasteiger partial charge >= 0.3 is 39.5 Å². The lowest BCUT2D eigenvalue weighted by Gasteiger charge is -2.21. The van der Waals surface area contributed by atoms with E-state index in [-0.39, 0.29) is 25.7 Å². The largest absolute Gasteiger partial charge is 0.472 e. The first-order chi connectivity index (χ1) is 51.7. The first-order valence-corrected chi connectivity index (χ1v) is 47.6. The van der Waals surface area contributed by atoms with Gasteiger partial charge in [0.15, 0.2) is 12.2 Å². The number of aliphatic hydroxyl groups is 1. The molecule has 17 nitrogen and oxygen atoms in total. The highest BCUT2D eigenvalue weighted by atomic mass is 31.2. The quantitative estimate of drug-likeness (QED) is 0.0169. The maximum atomic E-state index is 13.2. The van der Waals surface area contributed by atoms with Crippen molar-refractivity contribution in [2.45, 2.75) is 470 Å². The summed E-state index contributed by atoms with van der Waals surface area (Å²) in [6.07, 6.45) is 78.6. The number of aliphatic hydroxyl groups excluding tert-OH is 1. The molecule has 0 aromatic heterocycles. The molecule has 19 heteroatoms. The Kier molecular flexibility index (Phi) is 78.7. The van der Waals surface area contributed by atoms with Gasteiger partial charge in [0.05, 0.1) is 26.4 Å². The summed E-state index contributed by atoms with van der Waals surface area (Å²) in [5.41, 5.74) is 0. The average Bonchev–Trinajstić information content (AvgIpc) is 0.905. The zero-order valence-electron chi connectivity index (χ0n) is 68.9. The average molecular weight is 1550 g/mol. The van der Waals surface area contributed by atoms with Crippen molar-refractivity contribution in [1.82, 2.24) is 0 Å². The van der Waals surface area contributed by atoms with Gasteiger partial charge < -0.3 is 33.8 Å². The van der Waals surface area contributed by atoms with Crippen LogP contribution in [0.5, 0.6) is 0 Å². The first-order valence-electron chi connectivity index (χ1n) is 44.6. The van der Waals surface area contributed by atoms with Gasteiger partial charge in [0.2, 0.25) is 0 Å². The number of rotatable bonds is 86. The van der Waals surface area contributed by atoms with Crippen molar-refractivity contribution in [2.75, 3.05) is 39.6 Å². The summed E-state index contributed by atoms with van der Waals surface area (Å²) in [7, 11) is -9.94. The van der Waals surface area contributed by atoms with Crippen LogP contribution in [0.1, 0.15) is 451 Å². The molecule has 0 aliphatic carbocycles. The van der Waals surface area contributed by atoms with Crippen molar-refractivity contribution >= 4 is 39.5 Å². The molecule has 0 spiro atoms. The molecule has 0 aliphatic rings. The summed E-state index contributed by atoms with van der Waals surface area (Å²) in [5.74, 6) is -2.13. The smallest absolute Gasteiger partial charge is 0.462 e. The maximum Gasteiger partial charge on any atom is 0.472 e. The Morgan fingerprint density at radius 2 is 0.453 bits per heavy atom. The number of phosphoric acid groups is 2. The second kappa shape index (κ2) is 80.6. The van der Waals surface area contributed by atoms with Gasteiger partial charge in [0, 0.05) is 25.7 Å². The summed E-state index contributed by atoms with van der Waals surface area (Å²) >= 11 is 0. The number of ether oxygens (including phenoxy) is 4. The van der Waals surface area contributed by atoms with Crippen LogP contribution in [0.3, 0.4) is 0 Å². The van der Waals surface area contributed by atoms with Crippen molar-refractivity contribution in [3.8, 4) is 0 Å². The van der Waals surface area contributed by atoms with E-state index < -0.39 is 97.5 Å². The van der Waals surface area contributed by atoms with Crippen LogP contribution in [0.4, 0.5) is 0 Å². The van der Waals surface area contributed by atoms with E-state index in [9.17, 15) is 43.2 Å². The lowest BCUT2D eigenvalue weighted by Crippen LogP contribution is -2.30. The van der Waals surface area contributed by atoms with Crippen LogP contribution in [0.25, 0.3) is 0 Å². The van der Waals surface area contributed by atoms with Crippen molar-refractivity contribution in [2.24, 2.45) is 0 Å². The summed E-state index contributed by atoms with van der Waals surface area (Å²) in [4.78, 5) is 73.2. The molecule has 0 heterocycles. The second-order valence-corrected chi connectivity index (χ2v) is 33.5. The standard InChI is InChI=1S/C87H166O17P2/c1-5-9-13-17-21-25-29-32-35-37-39-40-42-44-47-50-54-58-62-66-70-74-87(92)104-83(78-98-85(90)72-68-64-60-56-52-48-46-43-41-38-36-33-30-26-22-18-14-10-6-2)80-102-106(95,96)100-76-81(88)75-99-105(93,94)101-79-82(77-97-84(89)71-67-63-59-55-51-28-24-20-16-12-8-4)103-86(91)73-69-65-61-57-53-49-45-34-31-27-23-19-15-11-7-3/h27,31,34,45,81-83,88H,5-26,28-30,32-33,35-44,46-80H2,1-4H3,(H,93,94)(H,95,96)/b31-27-,45-34-/t81-,82+,83+/m0/s1. The van der Waals surface area contributed by atoms with Crippen LogP contribution in [-0.4, -0.2) is 96.7 Å². The van der Waals surface area contributed by atoms with Crippen molar-refractivity contribution in [1.29, 1.82) is 0 Å². The minimum atomic E-state index is -4.97. The van der Waals surface area contributed by atoms with Crippen molar-refractivity contribution in [3.63, 3.8) is 0 Å². The van der Waals surface area contributed by atoms with E-state index in [1.165, 1.54) is 270 Å². The molecule has 0 saturated heterocycles. The number of hydrogen-bond donors (Lipinski definition) is 3. The Bertz CT molecular complexity index is 2090. The number of hydrogen-bond acceptors (Lipinski definition) is 15. The van der Waals surface area contributed by atoms with Crippen molar-refractivity contribution < 1.29 is 80.2 Å². The molecular formula is C87H166O17P2. The number of carbonyl (C=O) groups is 4. The Morgan fingerprint density at radius 3 is 0.689 bits per heavy atom. The highest BCUT2D eigenvalue weighted by Crippen LogP contribution is 2.45. The molecule has 0 saturated carbocycles. The lowest BCUT2D eigenvalue weighted by atomic mass is 10.0. The maximum absolute atomic E-state index is 13.2. The molecule has 0 aliphatic heterocycles. The highest BCUT2D eigenvalue weighted by Gasteiger charge is 2.30. The summed E-state index contributed by atoms with van der Waals surface area (Å²) in [6, 6.07) is 0. The third kappa shape index (κ3) is 79.6. The SMILES string of the molecule is CCCCCC/C=C\C=C/CCCCCCCC(=O)O[C@H](COC(=O)CCCCCCCCCCCCC)COP(=O)(O)OC[C@H](O)COP(=O)(O)OC[C@@H](COC(=O)CCCCCCCCCCCCCCCCCCCCC)OC(=O)CCCCCCCCCCCCCCCCCCCCCCC. The van der Waals surface area contributed by atoms with E-state index >= 15 is 0 Å². The summed E-state index contributed by atoms with van der Waals surface area (Å²) in [6.45, 7) is 4.99. The predicted octanol–water partition coefficient (Wildman–Crippen LogP) is 26.5. The lowest BCUT2D eigenvalue weighted by molar-refractivity contribution is -0.161. The molecule has 0 aromatic carbocycles. The van der Waals surface area contributed by atoms with E-state index in [0.29, 0.717) is 25.7 Å². The number of phosphoric ester groups is 2. The third-order valence-electron chi connectivity index (χ3n) is 20.0. The molecule has 106 heavy (non-hydrogen) atoms. The van der Waals surface area contributed by atoms with E-state index in [1.807, 2.05) is 0 Å². The molecule has 626 valence electrons. The minimum absolute atomic E-state index is 0.0860. The van der Waals surface area contributed by atoms with Gasteiger partial charge in [-0.1, -0.05) is 399 Å². The number of carbonyl (C=O) groups excluding carboxylic acids is 4. The number of esters is 4. The number of allylic oxidation sites excluding steroid dienone is 4. The minimum Gasteiger partial charge on any atom is -0.462 e. The molecule has 3 N–H and O–H groups in total. The van der Waals surface area contributed by atoms with Crippen LogP contribution < -0.4 is 0 Å². The van der Waals surface area contributed by atoms with E-state index in [0.717, 1.165) is 103 Å². The molecule has 0 rings (SSSR count). The Labute approximate surface area is 650 Å². The molecule has 2 unspecified atom stereocenters. The van der Waals surface area contributed by atoms with Gasteiger partial charge in [0.1, 0.15) is 19.3 Å². The van der Waals surface area contributed by atoms with Gasteiger partial charge in [-0.3, -0.25) is 37.3 Å². The second-order valence-electron chi connectivity index (χ2n) is 30.6. The van der Waals surface area contributed by atoms with Gasteiger partial charge in [0.25, 0.3) is 0 Å². The zero-order valence-corrected chi connectivity index (χ0v) is 70.7. The third-order valence-corrected chi connectivity index (χ3v) is 21.9. The van der Waals surface area contributed by atoms with E-state index in [4.69, 9.17) is 37.0 Å². The predicted molar refractivity (Wildman–Crippen MR) is 437 cm³/mol. The summed E-state index contributed by atoms with van der Waals surface area (Å²) in [5, 5.41) is 10.7. The van der Waals surface area contributed by atoms with Crippen molar-refractivity contribution in [3.05, 3.63) is 24.3 Å².